The number of carboxylic acid groups (broad SMARTS) is 1. The molecule has 0 spiro atoms. The lowest BCUT2D eigenvalue weighted by Crippen LogP contribution is -2.51. The maximum absolute atomic E-state index is 11.5. The summed E-state index contributed by atoms with van der Waals surface area (Å²) in [7, 11) is 0. The number of urea groups is 1. The van der Waals surface area contributed by atoms with Crippen molar-refractivity contribution in [1.82, 2.24) is 10.2 Å². The normalized spacial score (nSPS) is 11.4. The second-order valence-electron chi connectivity index (χ2n) is 3.30. The molecule has 9 nitrogen and oxygen atoms in total. The number of aliphatic carboxylic acids is 1. The molecule has 1 unspecified atom stereocenters. The van der Waals surface area contributed by atoms with E-state index in [1.807, 2.05) is 0 Å². The van der Waals surface area contributed by atoms with E-state index in [1.54, 1.807) is 0 Å². The monoisotopic (exact) mass is 246 g/mol. The predicted octanol–water partition coefficient (Wildman–Crippen LogP) is -2.56. The van der Waals surface area contributed by atoms with Crippen molar-refractivity contribution >= 4 is 23.8 Å². The van der Waals surface area contributed by atoms with Crippen LogP contribution in [0.5, 0.6) is 0 Å². The molecule has 6 N–H and O–H groups in total. The molecule has 0 rings (SSSR count). The van der Waals surface area contributed by atoms with Crippen LogP contribution in [0.4, 0.5) is 4.79 Å². The van der Waals surface area contributed by atoms with Gasteiger partial charge in [0.2, 0.25) is 11.8 Å². The van der Waals surface area contributed by atoms with Crippen molar-refractivity contribution in [3.05, 3.63) is 0 Å². The van der Waals surface area contributed by atoms with Gasteiger partial charge in [-0.25, -0.2) is 4.79 Å². The molecule has 0 aromatic heterocycles. The highest BCUT2D eigenvalue weighted by atomic mass is 16.4. The Labute approximate surface area is 96.7 Å². The van der Waals surface area contributed by atoms with Gasteiger partial charge in [0.15, 0.2) is 0 Å². The first-order valence-corrected chi connectivity index (χ1v) is 4.59. The molecular weight excluding hydrogens is 232 g/mol. The molecule has 0 radical (unpaired) electrons. The standard InChI is InChI=1S/C8H14N4O5/c1-4(7(15)16)11-8(17)12(2-5(9)13)3-6(10)14/h4H,2-3H2,1H3,(H2,9,13)(H2,10,14)(H,11,17)(H,15,16). The molecule has 0 aliphatic rings. The quantitative estimate of drug-likeness (QED) is 0.405. The van der Waals surface area contributed by atoms with Gasteiger partial charge in [-0.2, -0.15) is 0 Å². The zero-order chi connectivity index (χ0) is 13.6. The topological polar surface area (TPSA) is 156 Å². The fourth-order valence-corrected chi connectivity index (χ4v) is 0.914. The molecular formula is C8H14N4O5. The summed E-state index contributed by atoms with van der Waals surface area (Å²) in [6.07, 6.45) is 0. The van der Waals surface area contributed by atoms with E-state index in [-0.39, 0.29) is 0 Å². The summed E-state index contributed by atoms with van der Waals surface area (Å²) in [5.41, 5.74) is 9.74. The maximum Gasteiger partial charge on any atom is 0.325 e. The van der Waals surface area contributed by atoms with Crippen molar-refractivity contribution in [1.29, 1.82) is 0 Å². The Morgan fingerprint density at radius 2 is 1.59 bits per heavy atom. The summed E-state index contributed by atoms with van der Waals surface area (Å²) >= 11 is 0. The first-order chi connectivity index (χ1) is 7.73. The van der Waals surface area contributed by atoms with Crippen molar-refractivity contribution in [2.75, 3.05) is 13.1 Å². The number of nitrogens with two attached hydrogens (primary N) is 2. The molecule has 4 amide bonds. The molecule has 0 aliphatic carbocycles. The second-order valence-corrected chi connectivity index (χ2v) is 3.30. The van der Waals surface area contributed by atoms with Crippen LogP contribution in [0, 0.1) is 0 Å². The minimum Gasteiger partial charge on any atom is -0.480 e. The average Bonchev–Trinajstić information content (AvgIpc) is 2.14. The molecule has 9 heteroatoms. The highest BCUT2D eigenvalue weighted by Gasteiger charge is 2.21. The summed E-state index contributed by atoms with van der Waals surface area (Å²) in [5, 5.41) is 10.6. The number of nitrogens with one attached hydrogen (secondary N) is 1. The fourth-order valence-electron chi connectivity index (χ4n) is 0.914. The highest BCUT2D eigenvalue weighted by molar-refractivity contribution is 5.89. The molecule has 0 bridgehead atoms. The molecule has 0 fully saturated rings. The SMILES string of the molecule is CC(NC(=O)N(CC(N)=O)CC(N)=O)C(=O)O. The van der Waals surface area contributed by atoms with Crippen LogP contribution in [0.1, 0.15) is 6.92 Å². The smallest absolute Gasteiger partial charge is 0.325 e. The van der Waals surface area contributed by atoms with Gasteiger partial charge < -0.3 is 26.8 Å². The zero-order valence-electron chi connectivity index (χ0n) is 9.17. The Morgan fingerprint density at radius 1 is 1.18 bits per heavy atom. The Hall–Kier alpha value is -2.32. The van der Waals surface area contributed by atoms with Gasteiger partial charge in [-0.1, -0.05) is 0 Å². The van der Waals surface area contributed by atoms with Crippen LogP contribution in [0.3, 0.4) is 0 Å². The van der Waals surface area contributed by atoms with Crippen molar-refractivity contribution in [3.8, 4) is 0 Å². The minimum absolute atomic E-state index is 0.527. The number of primary amides is 2. The molecule has 0 saturated heterocycles. The molecule has 96 valence electrons. The molecule has 17 heavy (non-hydrogen) atoms. The average molecular weight is 246 g/mol. The lowest BCUT2D eigenvalue weighted by Gasteiger charge is -2.21. The first-order valence-electron chi connectivity index (χ1n) is 4.59. The van der Waals surface area contributed by atoms with Gasteiger partial charge in [0.25, 0.3) is 0 Å². The summed E-state index contributed by atoms with van der Waals surface area (Å²) < 4.78 is 0. The van der Waals surface area contributed by atoms with E-state index >= 15 is 0 Å². The third-order valence-electron chi connectivity index (χ3n) is 1.69. The van der Waals surface area contributed by atoms with E-state index in [2.05, 4.69) is 5.32 Å². The van der Waals surface area contributed by atoms with Crippen LogP contribution in [-0.2, 0) is 14.4 Å². The zero-order valence-corrected chi connectivity index (χ0v) is 9.17. The van der Waals surface area contributed by atoms with Crippen LogP contribution in [-0.4, -0.2) is 53.0 Å². The Balaban J connectivity index is 4.57. The number of hydrogen-bond acceptors (Lipinski definition) is 4. The van der Waals surface area contributed by atoms with Gasteiger partial charge in [0, 0.05) is 0 Å². The lowest BCUT2D eigenvalue weighted by atomic mass is 10.3. The van der Waals surface area contributed by atoms with Gasteiger partial charge in [0.1, 0.15) is 19.1 Å². The summed E-state index contributed by atoms with van der Waals surface area (Å²) in [4.78, 5) is 44.0. The third-order valence-corrected chi connectivity index (χ3v) is 1.69. The van der Waals surface area contributed by atoms with Crippen LogP contribution < -0.4 is 16.8 Å². The summed E-state index contributed by atoms with van der Waals surface area (Å²) in [6.45, 7) is 0.176. The molecule has 0 aromatic carbocycles. The van der Waals surface area contributed by atoms with Crippen LogP contribution in [0.15, 0.2) is 0 Å². The maximum atomic E-state index is 11.5. The number of carbonyl (C=O) groups is 4. The Kier molecular flexibility index (Phi) is 5.44. The van der Waals surface area contributed by atoms with Gasteiger partial charge in [0.05, 0.1) is 0 Å². The van der Waals surface area contributed by atoms with E-state index in [1.165, 1.54) is 6.92 Å². The van der Waals surface area contributed by atoms with Crippen molar-refractivity contribution in [3.63, 3.8) is 0 Å². The Morgan fingerprint density at radius 3 is 1.88 bits per heavy atom. The van der Waals surface area contributed by atoms with Gasteiger partial charge >= 0.3 is 12.0 Å². The molecule has 0 aromatic rings. The largest absolute Gasteiger partial charge is 0.480 e. The summed E-state index contributed by atoms with van der Waals surface area (Å²) in [6, 6.07) is -2.07. The van der Waals surface area contributed by atoms with Crippen LogP contribution in [0.2, 0.25) is 0 Å². The molecule has 0 heterocycles. The first kappa shape index (κ1) is 14.7. The highest BCUT2D eigenvalue weighted by Crippen LogP contribution is 1.91. The molecule has 0 saturated carbocycles. The van der Waals surface area contributed by atoms with E-state index in [4.69, 9.17) is 16.6 Å². The van der Waals surface area contributed by atoms with E-state index in [9.17, 15) is 19.2 Å². The van der Waals surface area contributed by atoms with E-state index in [0.717, 1.165) is 4.90 Å². The number of hydrogen-bond donors (Lipinski definition) is 4. The van der Waals surface area contributed by atoms with Gasteiger partial charge in [-0.05, 0) is 6.92 Å². The molecule has 0 aliphatic heterocycles. The fraction of sp³-hybridized carbons (Fsp3) is 0.500. The lowest BCUT2D eigenvalue weighted by molar-refractivity contribution is -0.138. The Bertz CT molecular complexity index is 327. The van der Waals surface area contributed by atoms with Crippen molar-refractivity contribution < 1.29 is 24.3 Å². The van der Waals surface area contributed by atoms with Crippen molar-refractivity contribution in [2.24, 2.45) is 11.5 Å². The molecule has 1 atom stereocenters. The second kappa shape index (κ2) is 6.30. The number of rotatable bonds is 6. The van der Waals surface area contributed by atoms with E-state index < -0.39 is 42.9 Å². The van der Waals surface area contributed by atoms with Crippen LogP contribution >= 0.6 is 0 Å². The van der Waals surface area contributed by atoms with Crippen molar-refractivity contribution in [2.45, 2.75) is 13.0 Å². The number of amides is 4. The number of nitrogens with zero attached hydrogens (tertiary/aromatic N) is 1. The van der Waals surface area contributed by atoms with Gasteiger partial charge in [-0.15, -0.1) is 0 Å². The van der Waals surface area contributed by atoms with E-state index in [0.29, 0.717) is 0 Å². The third kappa shape index (κ3) is 5.97. The number of carboxylic acids is 1. The van der Waals surface area contributed by atoms with Gasteiger partial charge in [-0.3, -0.25) is 14.4 Å². The van der Waals surface area contributed by atoms with Crippen LogP contribution in [0.25, 0.3) is 0 Å². The predicted molar refractivity (Wildman–Crippen MR) is 55.6 cm³/mol. The number of carbonyl (C=O) groups excluding carboxylic acids is 3. The minimum atomic E-state index is -1.25. The summed E-state index contributed by atoms with van der Waals surface area (Å²) in [5.74, 6) is -2.94.